The summed E-state index contributed by atoms with van der Waals surface area (Å²) in [5.41, 5.74) is 0.603. The second kappa shape index (κ2) is 8.41. The van der Waals surface area contributed by atoms with E-state index in [0.29, 0.717) is 5.56 Å². The third-order valence-corrected chi connectivity index (χ3v) is 4.77. The minimum atomic E-state index is -0.887. The highest BCUT2D eigenvalue weighted by Gasteiger charge is 2.23. The Morgan fingerprint density at radius 3 is 2.56 bits per heavy atom. The van der Waals surface area contributed by atoms with Gasteiger partial charge < -0.3 is 10.1 Å². The summed E-state index contributed by atoms with van der Waals surface area (Å²) in [4.78, 5) is 47.4. The molecular weight excluding hydrogens is 374 g/mol. The summed E-state index contributed by atoms with van der Waals surface area (Å²) in [6.45, 7) is 5.17. The van der Waals surface area contributed by atoms with Gasteiger partial charge in [0.15, 0.2) is 0 Å². The fraction of sp³-hybridized carbons (Fsp3) is 0.235. The summed E-state index contributed by atoms with van der Waals surface area (Å²) < 4.78 is 4.69. The number of thiophene rings is 1. The molecule has 2 rings (SSSR count). The lowest BCUT2D eigenvalue weighted by molar-refractivity contribution is -0.384. The van der Waals surface area contributed by atoms with Crippen LogP contribution >= 0.6 is 11.3 Å². The Balaban J connectivity index is 2.29. The Morgan fingerprint density at radius 1 is 1.22 bits per heavy atom. The molecule has 0 unspecified atom stereocenters. The number of ether oxygens (including phenoxy) is 1. The van der Waals surface area contributed by atoms with Crippen LogP contribution in [-0.2, 0) is 4.74 Å². The van der Waals surface area contributed by atoms with Gasteiger partial charge in [0.25, 0.3) is 17.5 Å². The Hall–Kier alpha value is -3.27. The number of aryl methyl sites for hydroxylation is 1. The van der Waals surface area contributed by atoms with Crippen LogP contribution in [0.2, 0.25) is 0 Å². The molecule has 142 valence electrons. The van der Waals surface area contributed by atoms with Gasteiger partial charge in [-0.2, -0.15) is 0 Å². The number of hydrogen-bond donors (Lipinski definition) is 2. The van der Waals surface area contributed by atoms with Crippen LogP contribution in [0.15, 0.2) is 24.3 Å². The maximum atomic E-state index is 12.5. The SMILES string of the molecule is CCOC(=O)NC(=O)c1c(NC(=O)c2cccc([N+](=O)[O-])c2)sc(C)c1C. The molecule has 0 atom stereocenters. The number of rotatable bonds is 5. The zero-order valence-corrected chi connectivity index (χ0v) is 15.6. The van der Waals surface area contributed by atoms with Crippen molar-refractivity contribution in [2.45, 2.75) is 20.8 Å². The standard InChI is InChI=1S/C17H17N3O6S/c1-4-26-17(23)19-15(22)13-9(2)10(3)27-16(13)18-14(21)11-6-5-7-12(8-11)20(24)25/h5-8H,4H2,1-3H3,(H,18,21)(H,19,22,23). The van der Waals surface area contributed by atoms with E-state index < -0.39 is 22.8 Å². The summed E-state index contributed by atoms with van der Waals surface area (Å²) in [6, 6.07) is 5.23. The summed E-state index contributed by atoms with van der Waals surface area (Å²) >= 11 is 1.16. The number of nitro groups is 1. The van der Waals surface area contributed by atoms with Crippen molar-refractivity contribution in [3.63, 3.8) is 0 Å². The van der Waals surface area contributed by atoms with Gasteiger partial charge in [-0.3, -0.25) is 25.0 Å². The first-order valence-electron chi connectivity index (χ1n) is 7.88. The van der Waals surface area contributed by atoms with E-state index in [1.807, 2.05) is 0 Å². The van der Waals surface area contributed by atoms with Crippen molar-refractivity contribution in [3.8, 4) is 0 Å². The predicted octanol–water partition coefficient (Wildman–Crippen LogP) is 3.41. The molecule has 0 saturated heterocycles. The minimum absolute atomic E-state index is 0.0738. The number of imide groups is 1. The Morgan fingerprint density at radius 2 is 1.93 bits per heavy atom. The number of alkyl carbamates (subject to hydrolysis) is 1. The molecule has 2 N–H and O–H groups in total. The molecular formula is C17H17N3O6S. The van der Waals surface area contributed by atoms with Crippen molar-refractivity contribution in [2.75, 3.05) is 11.9 Å². The quantitative estimate of drug-likeness (QED) is 0.594. The van der Waals surface area contributed by atoms with Crippen molar-refractivity contribution >= 4 is 39.9 Å². The molecule has 10 heteroatoms. The third kappa shape index (κ3) is 4.67. The van der Waals surface area contributed by atoms with Gasteiger partial charge in [-0.25, -0.2) is 4.79 Å². The van der Waals surface area contributed by atoms with Crippen molar-refractivity contribution in [1.29, 1.82) is 0 Å². The lowest BCUT2D eigenvalue weighted by atomic mass is 10.1. The fourth-order valence-electron chi connectivity index (χ4n) is 2.25. The Bertz CT molecular complexity index is 921. The first-order valence-corrected chi connectivity index (χ1v) is 8.70. The molecule has 0 saturated carbocycles. The van der Waals surface area contributed by atoms with Gasteiger partial charge in [-0.1, -0.05) is 6.07 Å². The highest BCUT2D eigenvalue weighted by Crippen LogP contribution is 2.33. The van der Waals surface area contributed by atoms with Gasteiger partial charge in [0, 0.05) is 22.6 Å². The van der Waals surface area contributed by atoms with E-state index in [1.54, 1.807) is 20.8 Å². The highest BCUT2D eigenvalue weighted by atomic mass is 32.1. The van der Waals surface area contributed by atoms with Crippen LogP contribution in [0.4, 0.5) is 15.5 Å². The number of nitrogens with one attached hydrogen (secondary N) is 2. The molecule has 0 spiro atoms. The van der Waals surface area contributed by atoms with Crippen molar-refractivity contribution < 1.29 is 24.0 Å². The van der Waals surface area contributed by atoms with Gasteiger partial charge in [0.05, 0.1) is 17.1 Å². The number of amides is 3. The summed E-state index contributed by atoms with van der Waals surface area (Å²) in [7, 11) is 0. The molecule has 3 amide bonds. The van der Waals surface area contributed by atoms with E-state index in [2.05, 4.69) is 15.4 Å². The Kier molecular flexibility index (Phi) is 6.24. The minimum Gasteiger partial charge on any atom is -0.450 e. The molecule has 9 nitrogen and oxygen atoms in total. The molecule has 1 heterocycles. The molecule has 27 heavy (non-hydrogen) atoms. The number of hydrogen-bond acceptors (Lipinski definition) is 7. The second-order valence-electron chi connectivity index (χ2n) is 5.42. The number of benzene rings is 1. The highest BCUT2D eigenvalue weighted by molar-refractivity contribution is 7.16. The van der Waals surface area contributed by atoms with E-state index in [0.717, 1.165) is 22.3 Å². The van der Waals surface area contributed by atoms with E-state index >= 15 is 0 Å². The zero-order valence-electron chi connectivity index (χ0n) is 14.8. The van der Waals surface area contributed by atoms with Crippen molar-refractivity contribution in [2.24, 2.45) is 0 Å². The average molecular weight is 391 g/mol. The summed E-state index contributed by atoms with van der Waals surface area (Å²) in [6.07, 6.45) is -0.887. The maximum absolute atomic E-state index is 12.5. The van der Waals surface area contributed by atoms with Crippen LogP contribution in [0, 0.1) is 24.0 Å². The van der Waals surface area contributed by atoms with Crippen LogP contribution in [0.5, 0.6) is 0 Å². The summed E-state index contributed by atoms with van der Waals surface area (Å²) in [5.74, 6) is -1.31. The third-order valence-electron chi connectivity index (χ3n) is 3.65. The van der Waals surface area contributed by atoms with E-state index in [1.165, 1.54) is 18.2 Å². The number of nitro benzene ring substituents is 1. The van der Waals surface area contributed by atoms with Crippen LogP contribution in [-0.4, -0.2) is 29.4 Å². The lowest BCUT2D eigenvalue weighted by Crippen LogP contribution is -2.31. The van der Waals surface area contributed by atoms with Gasteiger partial charge in [-0.05, 0) is 32.4 Å². The normalized spacial score (nSPS) is 10.2. The van der Waals surface area contributed by atoms with Crippen molar-refractivity contribution in [1.82, 2.24) is 5.32 Å². The van der Waals surface area contributed by atoms with Gasteiger partial charge in [0.2, 0.25) is 0 Å². The smallest absolute Gasteiger partial charge is 0.414 e. The number of carbonyl (C=O) groups excluding carboxylic acids is 3. The van der Waals surface area contributed by atoms with Gasteiger partial charge in [-0.15, -0.1) is 11.3 Å². The number of carbonyl (C=O) groups is 3. The largest absolute Gasteiger partial charge is 0.450 e. The predicted molar refractivity (Wildman–Crippen MR) is 99.3 cm³/mol. The molecule has 1 aromatic carbocycles. The second-order valence-corrected chi connectivity index (χ2v) is 6.65. The van der Waals surface area contributed by atoms with Crippen LogP contribution in [0.25, 0.3) is 0 Å². The van der Waals surface area contributed by atoms with Crippen LogP contribution in [0.1, 0.15) is 38.1 Å². The van der Waals surface area contributed by atoms with E-state index in [9.17, 15) is 24.5 Å². The Labute approximate surface area is 158 Å². The monoisotopic (exact) mass is 391 g/mol. The topological polar surface area (TPSA) is 128 Å². The molecule has 0 aliphatic heterocycles. The summed E-state index contributed by atoms with van der Waals surface area (Å²) in [5, 5.41) is 15.8. The van der Waals surface area contributed by atoms with Crippen LogP contribution < -0.4 is 10.6 Å². The van der Waals surface area contributed by atoms with Gasteiger partial charge in [0.1, 0.15) is 5.00 Å². The first-order chi connectivity index (χ1) is 12.7. The van der Waals surface area contributed by atoms with Crippen molar-refractivity contribution in [3.05, 3.63) is 55.9 Å². The molecule has 0 aliphatic rings. The molecule has 0 radical (unpaired) electrons. The first kappa shape index (κ1) is 20.0. The molecule has 0 fully saturated rings. The number of non-ortho nitro benzene ring substituents is 1. The fourth-order valence-corrected chi connectivity index (χ4v) is 3.30. The lowest BCUT2D eigenvalue weighted by Gasteiger charge is -2.08. The van der Waals surface area contributed by atoms with Crippen LogP contribution in [0.3, 0.4) is 0 Å². The molecule has 0 aliphatic carbocycles. The molecule has 1 aromatic heterocycles. The average Bonchev–Trinajstić information content (AvgIpc) is 2.88. The van der Waals surface area contributed by atoms with E-state index in [4.69, 9.17) is 0 Å². The van der Waals surface area contributed by atoms with Gasteiger partial charge >= 0.3 is 6.09 Å². The zero-order chi connectivity index (χ0) is 20.1. The van der Waals surface area contributed by atoms with E-state index in [-0.39, 0.29) is 28.4 Å². The molecule has 2 aromatic rings. The molecule has 0 bridgehead atoms. The number of nitrogens with zero attached hydrogens (tertiary/aromatic N) is 1. The maximum Gasteiger partial charge on any atom is 0.414 e. The number of anilines is 1.